The predicted molar refractivity (Wildman–Crippen MR) is 58.7 cm³/mol. The molecule has 0 aliphatic carbocycles. The van der Waals surface area contributed by atoms with Crippen molar-refractivity contribution in [3.05, 3.63) is 38.9 Å². The molecule has 0 bridgehead atoms. The Hall–Kier alpha value is -2.13. The van der Waals surface area contributed by atoms with E-state index in [0.717, 1.165) is 6.07 Å². The summed E-state index contributed by atoms with van der Waals surface area (Å²) < 4.78 is 0. The molecule has 0 radical (unpaired) electrons. The number of nitriles is 1. The summed E-state index contributed by atoms with van der Waals surface area (Å²) >= 11 is 5.58. The number of nitrogens with zero attached hydrogens (tertiary/aromatic N) is 2. The summed E-state index contributed by atoms with van der Waals surface area (Å²) in [6.07, 6.45) is -0.480. The molecule has 17 heavy (non-hydrogen) atoms. The molecule has 1 aromatic rings. The van der Waals surface area contributed by atoms with Gasteiger partial charge < -0.3 is 5.11 Å². The van der Waals surface area contributed by atoms with Gasteiger partial charge in [0.05, 0.1) is 23.0 Å². The number of hydrogen-bond donors (Lipinski definition) is 1. The Kier molecular flexibility index (Phi) is 4.01. The SMILES string of the molecule is N#Cc1cc([N+](=O)[O-])c(CC(=O)O)cc1CCl. The lowest BCUT2D eigenvalue weighted by molar-refractivity contribution is -0.385. The molecule has 0 aliphatic rings. The molecular formula is C10H7ClN2O4. The van der Waals surface area contributed by atoms with Crippen molar-refractivity contribution in [2.24, 2.45) is 0 Å². The van der Waals surface area contributed by atoms with Crippen LogP contribution in [0.2, 0.25) is 0 Å². The maximum atomic E-state index is 10.7. The van der Waals surface area contributed by atoms with Gasteiger partial charge in [0.1, 0.15) is 0 Å². The van der Waals surface area contributed by atoms with Gasteiger partial charge in [0.15, 0.2) is 0 Å². The van der Waals surface area contributed by atoms with Gasteiger partial charge in [-0.2, -0.15) is 5.26 Å². The van der Waals surface area contributed by atoms with Crippen molar-refractivity contribution < 1.29 is 14.8 Å². The van der Waals surface area contributed by atoms with Gasteiger partial charge in [-0.15, -0.1) is 11.6 Å². The molecule has 0 spiro atoms. The van der Waals surface area contributed by atoms with Crippen LogP contribution in [-0.2, 0) is 17.1 Å². The van der Waals surface area contributed by atoms with Gasteiger partial charge in [0, 0.05) is 17.5 Å². The van der Waals surface area contributed by atoms with Crippen LogP contribution in [0, 0.1) is 21.4 Å². The molecule has 0 saturated carbocycles. The smallest absolute Gasteiger partial charge is 0.308 e. The molecule has 0 aromatic heterocycles. The predicted octanol–water partition coefficient (Wildman–Crippen LogP) is 1.83. The minimum Gasteiger partial charge on any atom is -0.481 e. The fraction of sp³-hybridized carbons (Fsp3) is 0.200. The fourth-order valence-corrected chi connectivity index (χ4v) is 1.59. The van der Waals surface area contributed by atoms with Crippen LogP contribution in [0.25, 0.3) is 0 Å². The van der Waals surface area contributed by atoms with Crippen LogP contribution in [0.15, 0.2) is 12.1 Å². The first-order valence-electron chi connectivity index (χ1n) is 4.47. The van der Waals surface area contributed by atoms with E-state index in [1.165, 1.54) is 6.07 Å². The number of halogens is 1. The van der Waals surface area contributed by atoms with E-state index >= 15 is 0 Å². The van der Waals surface area contributed by atoms with Gasteiger partial charge in [-0.3, -0.25) is 14.9 Å². The zero-order chi connectivity index (χ0) is 13.0. The third-order valence-electron chi connectivity index (χ3n) is 2.11. The molecule has 1 aromatic carbocycles. The van der Waals surface area contributed by atoms with Crippen molar-refractivity contribution in [1.29, 1.82) is 5.26 Å². The van der Waals surface area contributed by atoms with E-state index in [1.807, 2.05) is 0 Å². The maximum absolute atomic E-state index is 10.7. The highest BCUT2D eigenvalue weighted by molar-refractivity contribution is 6.17. The van der Waals surface area contributed by atoms with Crippen molar-refractivity contribution in [3.63, 3.8) is 0 Å². The van der Waals surface area contributed by atoms with Gasteiger partial charge in [0.25, 0.3) is 5.69 Å². The standard InChI is InChI=1S/C10H7ClN2O4/c11-4-7-1-6(3-10(14)15)9(13(16)17)2-8(7)5-12/h1-2H,3-4H2,(H,14,15). The lowest BCUT2D eigenvalue weighted by atomic mass is 10.0. The second-order valence-corrected chi connectivity index (χ2v) is 3.48. The second-order valence-electron chi connectivity index (χ2n) is 3.21. The zero-order valence-electron chi connectivity index (χ0n) is 8.51. The number of hydrogen-bond acceptors (Lipinski definition) is 4. The third kappa shape index (κ3) is 2.92. The minimum absolute atomic E-state index is 0.00644. The fourth-order valence-electron chi connectivity index (χ4n) is 1.37. The Bertz CT molecular complexity index is 522. The summed E-state index contributed by atoms with van der Waals surface area (Å²) in [5.41, 5.74) is 0.131. The molecule has 88 valence electrons. The Morgan fingerprint density at radius 3 is 2.59 bits per heavy atom. The average molecular weight is 255 g/mol. The van der Waals surface area contributed by atoms with Crippen LogP contribution >= 0.6 is 11.6 Å². The zero-order valence-corrected chi connectivity index (χ0v) is 9.27. The van der Waals surface area contributed by atoms with Crippen LogP contribution in [0.4, 0.5) is 5.69 Å². The highest BCUT2D eigenvalue weighted by Crippen LogP contribution is 2.25. The number of benzene rings is 1. The van der Waals surface area contributed by atoms with Crippen molar-refractivity contribution in [1.82, 2.24) is 0 Å². The first-order valence-corrected chi connectivity index (χ1v) is 5.01. The first-order chi connectivity index (χ1) is 7.99. The summed E-state index contributed by atoms with van der Waals surface area (Å²) in [6, 6.07) is 4.13. The van der Waals surface area contributed by atoms with Gasteiger partial charge in [-0.05, 0) is 11.6 Å². The van der Waals surface area contributed by atoms with Crippen molar-refractivity contribution in [3.8, 4) is 6.07 Å². The summed E-state index contributed by atoms with van der Waals surface area (Å²) in [4.78, 5) is 20.6. The maximum Gasteiger partial charge on any atom is 0.308 e. The molecule has 0 unspecified atom stereocenters. The quantitative estimate of drug-likeness (QED) is 0.501. The van der Waals surface area contributed by atoms with Gasteiger partial charge >= 0.3 is 5.97 Å². The van der Waals surface area contributed by atoms with Crippen LogP contribution in [0.5, 0.6) is 0 Å². The van der Waals surface area contributed by atoms with E-state index in [9.17, 15) is 14.9 Å². The average Bonchev–Trinajstić information content (AvgIpc) is 2.27. The second kappa shape index (κ2) is 5.27. The Labute approximate surface area is 101 Å². The van der Waals surface area contributed by atoms with Crippen LogP contribution < -0.4 is 0 Å². The molecule has 0 amide bonds. The first kappa shape index (κ1) is 12.9. The van der Waals surface area contributed by atoms with Gasteiger partial charge in [-0.1, -0.05) is 0 Å². The molecule has 0 atom stereocenters. The van der Waals surface area contributed by atoms with Gasteiger partial charge in [-0.25, -0.2) is 0 Å². The summed E-state index contributed by atoms with van der Waals surface area (Å²) in [5, 5.41) is 28.2. The topological polar surface area (TPSA) is 104 Å². The van der Waals surface area contributed by atoms with Gasteiger partial charge in [0.2, 0.25) is 0 Å². The number of aliphatic carboxylic acids is 1. The molecule has 7 heteroatoms. The largest absolute Gasteiger partial charge is 0.481 e. The Balaban J connectivity index is 3.41. The normalized spacial score (nSPS) is 9.65. The summed E-state index contributed by atoms with van der Waals surface area (Å²) in [7, 11) is 0. The molecular weight excluding hydrogens is 248 g/mol. The molecule has 0 fully saturated rings. The van der Waals surface area contributed by atoms with E-state index in [4.69, 9.17) is 22.0 Å². The molecule has 0 aliphatic heterocycles. The number of alkyl halides is 1. The summed E-state index contributed by atoms with van der Waals surface area (Å²) in [5.74, 6) is -1.19. The lowest BCUT2D eigenvalue weighted by Crippen LogP contribution is -2.05. The third-order valence-corrected chi connectivity index (χ3v) is 2.40. The van der Waals surface area contributed by atoms with E-state index in [2.05, 4.69) is 0 Å². The van der Waals surface area contributed by atoms with Crippen molar-refractivity contribution >= 4 is 23.3 Å². The van der Waals surface area contributed by atoms with Crippen LogP contribution in [-0.4, -0.2) is 16.0 Å². The molecule has 0 saturated heterocycles. The number of carboxylic acid groups (broad SMARTS) is 1. The number of nitro benzene ring substituents is 1. The molecule has 1 rings (SSSR count). The monoisotopic (exact) mass is 254 g/mol. The number of rotatable bonds is 4. The summed E-state index contributed by atoms with van der Waals surface area (Å²) in [6.45, 7) is 0. The van der Waals surface area contributed by atoms with Crippen molar-refractivity contribution in [2.45, 2.75) is 12.3 Å². The highest BCUT2D eigenvalue weighted by atomic mass is 35.5. The number of carbonyl (C=O) groups is 1. The van der Waals surface area contributed by atoms with E-state index in [1.54, 1.807) is 6.07 Å². The van der Waals surface area contributed by atoms with E-state index < -0.39 is 17.3 Å². The number of nitro groups is 1. The lowest BCUT2D eigenvalue weighted by Gasteiger charge is -2.04. The van der Waals surface area contributed by atoms with Crippen LogP contribution in [0.3, 0.4) is 0 Å². The molecule has 6 nitrogen and oxygen atoms in total. The Morgan fingerprint density at radius 2 is 2.18 bits per heavy atom. The highest BCUT2D eigenvalue weighted by Gasteiger charge is 2.19. The molecule has 1 N–H and O–H groups in total. The molecule has 0 heterocycles. The van der Waals surface area contributed by atoms with Crippen molar-refractivity contribution in [2.75, 3.05) is 0 Å². The Morgan fingerprint density at radius 1 is 1.53 bits per heavy atom. The van der Waals surface area contributed by atoms with E-state index in [0.29, 0.717) is 5.56 Å². The van der Waals surface area contributed by atoms with E-state index in [-0.39, 0.29) is 22.7 Å². The number of carboxylic acids is 1. The minimum atomic E-state index is -1.18. The van der Waals surface area contributed by atoms with Crippen LogP contribution in [0.1, 0.15) is 16.7 Å².